The van der Waals surface area contributed by atoms with Crippen LogP contribution in [-0.2, 0) is 0 Å². The fraction of sp³-hybridized carbons (Fsp3) is 1.00. The van der Waals surface area contributed by atoms with Crippen molar-refractivity contribution < 1.29 is 5.11 Å². The van der Waals surface area contributed by atoms with Crippen LogP contribution in [-0.4, -0.2) is 83.8 Å². The van der Waals surface area contributed by atoms with E-state index in [-0.39, 0.29) is 5.54 Å². The number of hydrogen-bond acceptors (Lipinski definition) is 4. The van der Waals surface area contributed by atoms with E-state index >= 15 is 0 Å². The summed E-state index contributed by atoms with van der Waals surface area (Å²) in [7, 11) is 4.35. The van der Waals surface area contributed by atoms with Gasteiger partial charge in [-0.25, -0.2) is 0 Å². The average Bonchev–Trinajstić information content (AvgIpc) is 2.32. The van der Waals surface area contributed by atoms with Gasteiger partial charge >= 0.3 is 0 Å². The molecular formula is C16H33N3O. The second kappa shape index (κ2) is 5.91. The van der Waals surface area contributed by atoms with Crippen LogP contribution >= 0.6 is 0 Å². The molecule has 1 unspecified atom stereocenters. The molecule has 0 aromatic heterocycles. The summed E-state index contributed by atoms with van der Waals surface area (Å²) in [5, 5.41) is 10.9. The van der Waals surface area contributed by atoms with Crippen molar-refractivity contribution in [3.63, 3.8) is 0 Å². The van der Waals surface area contributed by atoms with E-state index in [1.54, 1.807) is 0 Å². The third-order valence-electron chi connectivity index (χ3n) is 5.29. The molecule has 0 spiro atoms. The van der Waals surface area contributed by atoms with Gasteiger partial charge in [-0.3, -0.25) is 4.90 Å². The monoisotopic (exact) mass is 283 g/mol. The fourth-order valence-electron chi connectivity index (χ4n) is 4.16. The van der Waals surface area contributed by atoms with Gasteiger partial charge in [0.2, 0.25) is 0 Å². The quantitative estimate of drug-likeness (QED) is 0.844. The third kappa shape index (κ3) is 3.73. The summed E-state index contributed by atoms with van der Waals surface area (Å²) < 4.78 is 0. The summed E-state index contributed by atoms with van der Waals surface area (Å²) in [5.74, 6) is 0. The van der Waals surface area contributed by atoms with Crippen molar-refractivity contribution in [2.45, 2.75) is 57.2 Å². The lowest BCUT2D eigenvalue weighted by Crippen LogP contribution is -2.61. The van der Waals surface area contributed by atoms with E-state index in [0.29, 0.717) is 6.04 Å². The van der Waals surface area contributed by atoms with Crippen molar-refractivity contribution in [3.05, 3.63) is 0 Å². The number of likely N-dealkylation sites (tertiary alicyclic amines) is 1. The van der Waals surface area contributed by atoms with Crippen LogP contribution in [0.25, 0.3) is 0 Å². The summed E-state index contributed by atoms with van der Waals surface area (Å²) in [6, 6.07) is 0.568. The Morgan fingerprint density at radius 3 is 2.20 bits per heavy atom. The van der Waals surface area contributed by atoms with Gasteiger partial charge in [0, 0.05) is 44.3 Å². The number of piperidine rings is 1. The summed E-state index contributed by atoms with van der Waals surface area (Å²) in [6.45, 7) is 12.3. The molecule has 1 N–H and O–H groups in total. The Bertz CT molecular complexity index is 324. The van der Waals surface area contributed by atoms with Crippen LogP contribution in [0.5, 0.6) is 0 Å². The van der Waals surface area contributed by atoms with Gasteiger partial charge in [0.25, 0.3) is 0 Å². The van der Waals surface area contributed by atoms with Crippen LogP contribution < -0.4 is 0 Å². The molecule has 0 bridgehead atoms. The van der Waals surface area contributed by atoms with Crippen LogP contribution in [0.15, 0.2) is 0 Å². The molecule has 0 amide bonds. The second-order valence-electron chi connectivity index (χ2n) is 7.82. The Kier molecular flexibility index (Phi) is 4.80. The van der Waals surface area contributed by atoms with Gasteiger partial charge in [0.1, 0.15) is 0 Å². The summed E-state index contributed by atoms with van der Waals surface area (Å²) in [4.78, 5) is 7.32. The zero-order valence-electron chi connectivity index (χ0n) is 14.0. The molecular weight excluding hydrogens is 250 g/mol. The van der Waals surface area contributed by atoms with Crippen molar-refractivity contribution in [3.8, 4) is 0 Å². The van der Waals surface area contributed by atoms with Crippen LogP contribution in [0.1, 0.15) is 40.0 Å². The molecule has 2 saturated heterocycles. The molecule has 0 aliphatic carbocycles. The highest BCUT2D eigenvalue weighted by atomic mass is 16.3. The second-order valence-corrected chi connectivity index (χ2v) is 7.82. The van der Waals surface area contributed by atoms with E-state index in [0.717, 1.165) is 52.0 Å². The van der Waals surface area contributed by atoms with Crippen LogP contribution in [0.3, 0.4) is 0 Å². The number of nitrogens with zero attached hydrogens (tertiary/aromatic N) is 3. The highest BCUT2D eigenvalue weighted by Crippen LogP contribution is 2.34. The third-order valence-corrected chi connectivity index (χ3v) is 5.29. The summed E-state index contributed by atoms with van der Waals surface area (Å²) in [5.41, 5.74) is -0.398. The first-order chi connectivity index (χ1) is 9.22. The Balaban J connectivity index is 1.99. The van der Waals surface area contributed by atoms with Crippen LogP contribution in [0.4, 0.5) is 0 Å². The van der Waals surface area contributed by atoms with Gasteiger partial charge < -0.3 is 14.9 Å². The van der Waals surface area contributed by atoms with E-state index in [2.05, 4.69) is 49.6 Å². The molecule has 2 fully saturated rings. The zero-order valence-corrected chi connectivity index (χ0v) is 14.0. The van der Waals surface area contributed by atoms with Crippen molar-refractivity contribution in [1.82, 2.24) is 14.7 Å². The molecule has 0 radical (unpaired) electrons. The van der Waals surface area contributed by atoms with Crippen molar-refractivity contribution >= 4 is 0 Å². The number of likely N-dealkylation sites (N-methyl/N-ethyl adjacent to an activating group) is 1. The van der Waals surface area contributed by atoms with Crippen LogP contribution in [0, 0.1) is 0 Å². The van der Waals surface area contributed by atoms with Gasteiger partial charge in [-0.1, -0.05) is 0 Å². The Hall–Kier alpha value is -0.160. The normalized spacial score (nSPS) is 30.6. The lowest BCUT2D eigenvalue weighted by atomic mass is 9.79. The minimum Gasteiger partial charge on any atom is -0.390 e. The van der Waals surface area contributed by atoms with Gasteiger partial charge in [0.05, 0.1) is 5.60 Å². The fourth-order valence-corrected chi connectivity index (χ4v) is 4.16. The summed E-state index contributed by atoms with van der Waals surface area (Å²) in [6.07, 6.45) is 2.71. The Labute approximate surface area is 124 Å². The Morgan fingerprint density at radius 2 is 1.65 bits per heavy atom. The van der Waals surface area contributed by atoms with E-state index in [4.69, 9.17) is 0 Å². The first-order valence-corrected chi connectivity index (χ1v) is 8.08. The number of piperazine rings is 1. The number of rotatable bonds is 3. The SMILES string of the molecule is CC1CN(C)CCN1C(C)(C)CC1(O)CCN(C)CC1. The van der Waals surface area contributed by atoms with Crippen LogP contribution in [0.2, 0.25) is 0 Å². The topological polar surface area (TPSA) is 30.0 Å². The average molecular weight is 283 g/mol. The van der Waals surface area contributed by atoms with Crippen molar-refractivity contribution in [2.24, 2.45) is 0 Å². The summed E-state index contributed by atoms with van der Waals surface area (Å²) >= 11 is 0. The smallest absolute Gasteiger partial charge is 0.0689 e. The molecule has 2 rings (SSSR count). The highest BCUT2D eigenvalue weighted by Gasteiger charge is 2.41. The first kappa shape index (κ1) is 16.2. The largest absolute Gasteiger partial charge is 0.390 e. The van der Waals surface area contributed by atoms with Gasteiger partial charge in [-0.15, -0.1) is 0 Å². The minimum atomic E-state index is -0.473. The van der Waals surface area contributed by atoms with E-state index in [9.17, 15) is 5.11 Å². The first-order valence-electron chi connectivity index (χ1n) is 8.08. The molecule has 0 aromatic carbocycles. The maximum Gasteiger partial charge on any atom is 0.0689 e. The molecule has 20 heavy (non-hydrogen) atoms. The minimum absolute atomic E-state index is 0.0747. The Morgan fingerprint density at radius 1 is 1.05 bits per heavy atom. The number of hydrogen-bond donors (Lipinski definition) is 1. The molecule has 4 nitrogen and oxygen atoms in total. The lowest BCUT2D eigenvalue weighted by molar-refractivity contribution is -0.0765. The molecule has 2 aliphatic rings. The number of aliphatic hydroxyl groups is 1. The molecule has 2 heterocycles. The predicted octanol–water partition coefficient (Wildman–Crippen LogP) is 1.25. The maximum absolute atomic E-state index is 10.9. The van der Waals surface area contributed by atoms with Gasteiger partial charge in [0.15, 0.2) is 0 Å². The van der Waals surface area contributed by atoms with Crippen molar-refractivity contribution in [1.29, 1.82) is 0 Å². The van der Waals surface area contributed by atoms with Gasteiger partial charge in [-0.2, -0.15) is 0 Å². The van der Waals surface area contributed by atoms with E-state index in [1.807, 2.05) is 0 Å². The molecule has 4 heteroatoms. The highest BCUT2D eigenvalue weighted by molar-refractivity contribution is 4.97. The maximum atomic E-state index is 10.9. The molecule has 0 aromatic rings. The predicted molar refractivity (Wildman–Crippen MR) is 84.0 cm³/mol. The van der Waals surface area contributed by atoms with Crippen molar-refractivity contribution in [2.75, 3.05) is 46.8 Å². The molecule has 118 valence electrons. The van der Waals surface area contributed by atoms with E-state index in [1.165, 1.54) is 0 Å². The molecule has 1 atom stereocenters. The van der Waals surface area contributed by atoms with E-state index < -0.39 is 5.60 Å². The van der Waals surface area contributed by atoms with Gasteiger partial charge in [-0.05, 0) is 54.1 Å². The molecule has 2 aliphatic heterocycles. The molecule has 0 saturated carbocycles. The zero-order chi connectivity index (χ0) is 15.0. The standard InChI is InChI=1S/C16H33N3O/c1-14-12-18(5)10-11-19(14)15(2,3)13-16(20)6-8-17(4)9-7-16/h14,20H,6-13H2,1-5H3. The lowest BCUT2D eigenvalue weighted by Gasteiger charge is -2.51.